The standard InChI is InChI=1S/C15H26N2O5/c1-10-6-11(8-16(7-10)14(20)21)17(9-12(18)22-5)13(19)15(2,3)4/h10-11H,6-9H2,1-5H3,(H,20,21). The first-order chi connectivity index (χ1) is 10.1. The van der Waals surface area contributed by atoms with Crippen molar-refractivity contribution >= 4 is 18.0 Å². The van der Waals surface area contributed by atoms with E-state index in [4.69, 9.17) is 0 Å². The molecule has 2 amide bonds. The van der Waals surface area contributed by atoms with Crippen molar-refractivity contribution in [1.82, 2.24) is 9.80 Å². The fourth-order valence-corrected chi connectivity index (χ4v) is 2.70. The van der Waals surface area contributed by atoms with Gasteiger partial charge in [-0.3, -0.25) is 9.59 Å². The third kappa shape index (κ3) is 4.61. The quantitative estimate of drug-likeness (QED) is 0.796. The van der Waals surface area contributed by atoms with Crippen LogP contribution in [-0.2, 0) is 14.3 Å². The molecule has 7 heteroatoms. The Morgan fingerprint density at radius 2 is 1.86 bits per heavy atom. The Labute approximate surface area is 131 Å². The Morgan fingerprint density at radius 3 is 2.32 bits per heavy atom. The van der Waals surface area contributed by atoms with Crippen LogP contribution in [-0.4, -0.2) is 65.7 Å². The van der Waals surface area contributed by atoms with Gasteiger partial charge >= 0.3 is 12.1 Å². The van der Waals surface area contributed by atoms with Crippen LogP contribution in [0.15, 0.2) is 0 Å². The average molecular weight is 314 g/mol. The summed E-state index contributed by atoms with van der Waals surface area (Å²) in [7, 11) is 1.27. The lowest BCUT2D eigenvalue weighted by atomic mass is 9.90. The molecular weight excluding hydrogens is 288 g/mol. The minimum Gasteiger partial charge on any atom is -0.468 e. The lowest BCUT2D eigenvalue weighted by Gasteiger charge is -2.42. The number of ether oxygens (including phenoxy) is 1. The summed E-state index contributed by atoms with van der Waals surface area (Å²) in [5.74, 6) is -0.553. The molecule has 1 N–H and O–H groups in total. The summed E-state index contributed by atoms with van der Waals surface area (Å²) in [5, 5.41) is 9.21. The van der Waals surface area contributed by atoms with Crippen LogP contribution in [0.3, 0.4) is 0 Å². The van der Waals surface area contributed by atoms with Gasteiger partial charge in [0.25, 0.3) is 0 Å². The molecule has 126 valence electrons. The van der Waals surface area contributed by atoms with E-state index in [1.165, 1.54) is 16.9 Å². The topological polar surface area (TPSA) is 87.2 Å². The molecule has 0 radical (unpaired) electrons. The number of hydrogen-bond acceptors (Lipinski definition) is 4. The smallest absolute Gasteiger partial charge is 0.407 e. The van der Waals surface area contributed by atoms with Crippen molar-refractivity contribution in [3.63, 3.8) is 0 Å². The summed E-state index contributed by atoms with van der Waals surface area (Å²) < 4.78 is 4.67. The average Bonchev–Trinajstić information content (AvgIpc) is 2.41. The zero-order valence-electron chi connectivity index (χ0n) is 14.0. The fourth-order valence-electron chi connectivity index (χ4n) is 2.70. The van der Waals surface area contributed by atoms with Crippen LogP contribution in [0.4, 0.5) is 4.79 Å². The van der Waals surface area contributed by atoms with Crippen molar-refractivity contribution in [2.24, 2.45) is 11.3 Å². The Balaban J connectivity index is 3.01. The van der Waals surface area contributed by atoms with Gasteiger partial charge in [0.15, 0.2) is 0 Å². The second kappa shape index (κ2) is 6.98. The summed E-state index contributed by atoms with van der Waals surface area (Å²) in [6, 6.07) is -0.314. The number of amides is 2. The maximum Gasteiger partial charge on any atom is 0.407 e. The van der Waals surface area contributed by atoms with Gasteiger partial charge < -0.3 is 19.6 Å². The highest BCUT2D eigenvalue weighted by molar-refractivity contribution is 5.86. The van der Waals surface area contributed by atoms with Crippen LogP contribution in [0.1, 0.15) is 34.1 Å². The van der Waals surface area contributed by atoms with Gasteiger partial charge in [0.2, 0.25) is 5.91 Å². The molecule has 22 heavy (non-hydrogen) atoms. The highest BCUT2D eigenvalue weighted by atomic mass is 16.5. The molecule has 0 aromatic rings. The number of esters is 1. The van der Waals surface area contributed by atoms with Crippen LogP contribution in [0, 0.1) is 11.3 Å². The molecule has 2 atom stereocenters. The van der Waals surface area contributed by atoms with E-state index in [0.29, 0.717) is 13.0 Å². The zero-order chi connectivity index (χ0) is 17.1. The number of hydrogen-bond donors (Lipinski definition) is 1. The van der Waals surface area contributed by atoms with Crippen LogP contribution >= 0.6 is 0 Å². The highest BCUT2D eigenvalue weighted by Crippen LogP contribution is 2.25. The number of carboxylic acid groups (broad SMARTS) is 1. The van der Waals surface area contributed by atoms with E-state index in [2.05, 4.69) is 4.74 Å². The van der Waals surface area contributed by atoms with Crippen molar-refractivity contribution in [1.29, 1.82) is 0 Å². The molecule has 0 aliphatic carbocycles. The summed E-state index contributed by atoms with van der Waals surface area (Å²) in [4.78, 5) is 38.3. The maximum atomic E-state index is 12.7. The predicted octanol–water partition coefficient (Wildman–Crippen LogP) is 1.42. The monoisotopic (exact) mass is 314 g/mol. The lowest BCUT2D eigenvalue weighted by molar-refractivity contribution is -0.153. The second-order valence-electron chi connectivity index (χ2n) is 6.94. The van der Waals surface area contributed by atoms with Crippen molar-refractivity contribution in [3.8, 4) is 0 Å². The van der Waals surface area contributed by atoms with Crippen LogP contribution in [0.2, 0.25) is 0 Å². The number of methoxy groups -OCH3 is 1. The first-order valence-corrected chi connectivity index (χ1v) is 7.42. The van der Waals surface area contributed by atoms with E-state index in [-0.39, 0.29) is 31.0 Å². The summed E-state index contributed by atoms with van der Waals surface area (Å²) in [6.07, 6.45) is -0.333. The second-order valence-corrected chi connectivity index (χ2v) is 6.94. The molecular formula is C15H26N2O5. The molecule has 0 aromatic carbocycles. The molecule has 0 saturated carbocycles. The Bertz CT molecular complexity index is 444. The van der Waals surface area contributed by atoms with E-state index >= 15 is 0 Å². The van der Waals surface area contributed by atoms with Crippen molar-refractivity contribution in [3.05, 3.63) is 0 Å². The normalized spacial score (nSPS) is 22.1. The van der Waals surface area contributed by atoms with Gasteiger partial charge in [-0.15, -0.1) is 0 Å². The van der Waals surface area contributed by atoms with Crippen LogP contribution < -0.4 is 0 Å². The number of likely N-dealkylation sites (tertiary alicyclic amines) is 1. The minimum atomic E-state index is -1.00. The largest absolute Gasteiger partial charge is 0.468 e. The molecule has 1 rings (SSSR count). The van der Waals surface area contributed by atoms with Gasteiger partial charge in [0.1, 0.15) is 6.54 Å². The fraction of sp³-hybridized carbons (Fsp3) is 0.800. The summed E-state index contributed by atoms with van der Waals surface area (Å²) >= 11 is 0. The molecule has 1 heterocycles. The van der Waals surface area contributed by atoms with E-state index in [9.17, 15) is 19.5 Å². The van der Waals surface area contributed by atoms with Crippen LogP contribution in [0.25, 0.3) is 0 Å². The first-order valence-electron chi connectivity index (χ1n) is 7.42. The van der Waals surface area contributed by atoms with E-state index in [1.54, 1.807) is 20.8 Å². The molecule has 0 bridgehead atoms. The van der Waals surface area contributed by atoms with Crippen molar-refractivity contribution < 1.29 is 24.2 Å². The third-order valence-corrected chi connectivity index (χ3v) is 3.78. The number of piperidine rings is 1. The molecule has 7 nitrogen and oxygen atoms in total. The number of carbonyl (C=O) groups is 3. The van der Waals surface area contributed by atoms with E-state index in [0.717, 1.165) is 0 Å². The SMILES string of the molecule is COC(=O)CN(C(=O)C(C)(C)C)C1CC(C)CN(C(=O)O)C1. The van der Waals surface area contributed by atoms with Gasteiger partial charge in [0, 0.05) is 18.5 Å². The maximum absolute atomic E-state index is 12.7. The zero-order valence-corrected chi connectivity index (χ0v) is 14.0. The van der Waals surface area contributed by atoms with Gasteiger partial charge in [-0.05, 0) is 12.3 Å². The highest BCUT2D eigenvalue weighted by Gasteiger charge is 2.38. The summed E-state index contributed by atoms with van der Waals surface area (Å²) in [6.45, 7) is 7.79. The number of rotatable bonds is 3. The molecule has 1 fully saturated rings. The molecule has 1 aliphatic rings. The van der Waals surface area contributed by atoms with Gasteiger partial charge in [-0.2, -0.15) is 0 Å². The number of nitrogens with zero attached hydrogens (tertiary/aromatic N) is 2. The molecule has 0 aromatic heterocycles. The predicted molar refractivity (Wildman–Crippen MR) is 80.4 cm³/mol. The Kier molecular flexibility index (Phi) is 5.79. The lowest BCUT2D eigenvalue weighted by Crippen LogP contribution is -2.56. The van der Waals surface area contributed by atoms with Gasteiger partial charge in [0.05, 0.1) is 13.2 Å². The summed E-state index contributed by atoms with van der Waals surface area (Å²) in [5.41, 5.74) is -0.650. The number of carbonyl (C=O) groups excluding carboxylic acids is 2. The third-order valence-electron chi connectivity index (χ3n) is 3.78. The van der Waals surface area contributed by atoms with E-state index in [1.807, 2.05) is 6.92 Å². The molecule has 1 saturated heterocycles. The Hall–Kier alpha value is -1.79. The first kappa shape index (κ1) is 18.3. The Morgan fingerprint density at radius 1 is 1.27 bits per heavy atom. The van der Waals surface area contributed by atoms with E-state index < -0.39 is 17.5 Å². The van der Waals surface area contributed by atoms with Crippen LogP contribution in [0.5, 0.6) is 0 Å². The van der Waals surface area contributed by atoms with Gasteiger partial charge in [-0.1, -0.05) is 27.7 Å². The molecule has 1 aliphatic heterocycles. The van der Waals surface area contributed by atoms with Crippen molar-refractivity contribution in [2.75, 3.05) is 26.7 Å². The molecule has 0 spiro atoms. The van der Waals surface area contributed by atoms with Crippen molar-refractivity contribution in [2.45, 2.75) is 40.2 Å². The van der Waals surface area contributed by atoms with Gasteiger partial charge in [-0.25, -0.2) is 4.79 Å². The molecule has 2 unspecified atom stereocenters. The minimum absolute atomic E-state index is 0.128.